The van der Waals surface area contributed by atoms with E-state index in [1.807, 2.05) is 6.07 Å². The SMILES string of the molecule is N#Cc1ccc(C2c3c(C(N)=O)c(-c4cccc(F)c4)nn3C(CF)CN2C(N)=O)cc1. The molecule has 0 radical (unpaired) electrons. The number of hydrogen-bond donors (Lipinski definition) is 2. The number of amides is 3. The monoisotopic (exact) mass is 436 g/mol. The fourth-order valence-electron chi connectivity index (χ4n) is 4.04. The number of primary amides is 2. The highest BCUT2D eigenvalue weighted by atomic mass is 19.1. The van der Waals surface area contributed by atoms with Crippen molar-refractivity contribution in [2.75, 3.05) is 13.2 Å². The fourth-order valence-corrected chi connectivity index (χ4v) is 4.04. The zero-order chi connectivity index (χ0) is 23.0. The molecule has 8 nitrogen and oxygen atoms in total. The van der Waals surface area contributed by atoms with Crippen LogP contribution in [0.2, 0.25) is 0 Å². The molecule has 4 rings (SSSR count). The van der Waals surface area contributed by atoms with Crippen LogP contribution in [0.3, 0.4) is 0 Å². The molecule has 1 aliphatic heterocycles. The van der Waals surface area contributed by atoms with Crippen LogP contribution in [0.4, 0.5) is 13.6 Å². The van der Waals surface area contributed by atoms with Gasteiger partial charge in [-0.15, -0.1) is 0 Å². The average molecular weight is 436 g/mol. The van der Waals surface area contributed by atoms with E-state index in [0.717, 1.165) is 0 Å². The Kier molecular flexibility index (Phi) is 5.32. The van der Waals surface area contributed by atoms with Gasteiger partial charge < -0.3 is 16.4 Å². The molecule has 0 bridgehead atoms. The molecule has 0 aliphatic carbocycles. The van der Waals surface area contributed by atoms with E-state index in [9.17, 15) is 18.4 Å². The van der Waals surface area contributed by atoms with Crippen LogP contribution in [0.15, 0.2) is 48.5 Å². The largest absolute Gasteiger partial charge is 0.365 e. The number of nitriles is 1. The fraction of sp³-hybridized carbons (Fsp3) is 0.182. The predicted molar refractivity (Wildman–Crippen MR) is 110 cm³/mol. The van der Waals surface area contributed by atoms with Gasteiger partial charge in [-0.2, -0.15) is 10.4 Å². The van der Waals surface area contributed by atoms with Gasteiger partial charge in [-0.1, -0.05) is 24.3 Å². The summed E-state index contributed by atoms with van der Waals surface area (Å²) in [5.41, 5.74) is 12.7. The summed E-state index contributed by atoms with van der Waals surface area (Å²) >= 11 is 0. The van der Waals surface area contributed by atoms with Gasteiger partial charge in [-0.25, -0.2) is 13.6 Å². The maximum atomic E-state index is 14.0. The second-order valence-corrected chi connectivity index (χ2v) is 7.36. The lowest BCUT2D eigenvalue weighted by molar-refractivity contribution is 0.0992. The maximum absolute atomic E-state index is 14.0. The minimum Gasteiger partial charge on any atom is -0.365 e. The quantitative estimate of drug-likeness (QED) is 0.651. The first-order valence-electron chi connectivity index (χ1n) is 9.66. The topological polar surface area (TPSA) is 131 Å². The van der Waals surface area contributed by atoms with E-state index in [2.05, 4.69) is 5.10 Å². The average Bonchev–Trinajstić information content (AvgIpc) is 3.19. The summed E-state index contributed by atoms with van der Waals surface area (Å²) in [4.78, 5) is 26.1. The number of hydrogen-bond acceptors (Lipinski definition) is 4. The van der Waals surface area contributed by atoms with E-state index in [-0.39, 0.29) is 29.1 Å². The van der Waals surface area contributed by atoms with E-state index in [1.165, 1.54) is 27.8 Å². The molecular weight excluding hydrogens is 418 g/mol. The molecule has 162 valence electrons. The molecule has 4 N–H and O–H groups in total. The van der Waals surface area contributed by atoms with E-state index in [4.69, 9.17) is 16.7 Å². The Labute approximate surface area is 181 Å². The minimum atomic E-state index is -0.924. The minimum absolute atomic E-state index is 0.0608. The first-order chi connectivity index (χ1) is 15.3. The smallest absolute Gasteiger partial charge is 0.315 e. The van der Waals surface area contributed by atoms with Gasteiger partial charge in [0, 0.05) is 12.1 Å². The first-order valence-corrected chi connectivity index (χ1v) is 9.66. The van der Waals surface area contributed by atoms with Crippen LogP contribution in [0.5, 0.6) is 0 Å². The Morgan fingerprint density at radius 2 is 1.91 bits per heavy atom. The van der Waals surface area contributed by atoms with E-state index in [1.54, 1.807) is 30.3 Å². The Hall–Kier alpha value is -4.26. The number of aromatic nitrogens is 2. The zero-order valence-electron chi connectivity index (χ0n) is 16.7. The molecule has 10 heteroatoms. The number of carbonyl (C=O) groups is 2. The van der Waals surface area contributed by atoms with Crippen molar-refractivity contribution < 1.29 is 18.4 Å². The highest BCUT2D eigenvalue weighted by molar-refractivity contribution is 6.00. The lowest BCUT2D eigenvalue weighted by atomic mass is 9.93. The summed E-state index contributed by atoms with van der Waals surface area (Å²) < 4.78 is 29.2. The molecule has 3 amide bonds. The van der Waals surface area contributed by atoms with Crippen LogP contribution in [0, 0.1) is 17.1 Å². The number of fused-ring (bicyclic) bond motifs is 1. The number of rotatable bonds is 4. The van der Waals surface area contributed by atoms with Crippen LogP contribution in [0.25, 0.3) is 11.3 Å². The Morgan fingerprint density at radius 3 is 2.47 bits per heavy atom. The van der Waals surface area contributed by atoms with Crippen LogP contribution in [-0.2, 0) is 0 Å². The van der Waals surface area contributed by atoms with E-state index >= 15 is 0 Å². The third-order valence-electron chi connectivity index (χ3n) is 5.43. The van der Waals surface area contributed by atoms with E-state index in [0.29, 0.717) is 11.1 Å². The van der Waals surface area contributed by atoms with Crippen molar-refractivity contribution in [1.29, 1.82) is 5.26 Å². The van der Waals surface area contributed by atoms with Gasteiger partial charge in [0.15, 0.2) is 0 Å². The number of urea groups is 1. The van der Waals surface area contributed by atoms with Gasteiger partial charge in [0.25, 0.3) is 5.91 Å². The second-order valence-electron chi connectivity index (χ2n) is 7.36. The summed E-state index contributed by atoms with van der Waals surface area (Å²) in [5, 5.41) is 13.5. The Bertz CT molecular complexity index is 1250. The zero-order valence-corrected chi connectivity index (χ0v) is 16.7. The van der Waals surface area contributed by atoms with Crippen LogP contribution >= 0.6 is 0 Å². The van der Waals surface area contributed by atoms with E-state index < -0.39 is 36.5 Å². The van der Waals surface area contributed by atoms with Crippen LogP contribution in [0.1, 0.15) is 39.3 Å². The molecule has 0 fully saturated rings. The third-order valence-corrected chi connectivity index (χ3v) is 5.43. The van der Waals surface area contributed by atoms with Gasteiger partial charge in [-0.3, -0.25) is 9.48 Å². The molecule has 2 unspecified atom stereocenters. The number of nitrogens with zero attached hydrogens (tertiary/aromatic N) is 4. The molecule has 0 saturated carbocycles. The highest BCUT2D eigenvalue weighted by Gasteiger charge is 2.41. The Balaban J connectivity index is 2.02. The summed E-state index contributed by atoms with van der Waals surface area (Å²) in [6.07, 6.45) is 0. The molecule has 1 aliphatic rings. The lowest BCUT2D eigenvalue weighted by Gasteiger charge is -2.39. The lowest BCUT2D eigenvalue weighted by Crippen LogP contribution is -2.48. The van der Waals surface area contributed by atoms with Gasteiger partial charge >= 0.3 is 6.03 Å². The van der Waals surface area contributed by atoms with Gasteiger partial charge in [-0.05, 0) is 29.8 Å². The highest BCUT2D eigenvalue weighted by Crippen LogP contribution is 2.41. The van der Waals surface area contributed by atoms with Gasteiger partial charge in [0.1, 0.15) is 24.2 Å². The summed E-state index contributed by atoms with van der Waals surface area (Å²) in [7, 11) is 0. The molecule has 3 aromatic rings. The summed E-state index contributed by atoms with van der Waals surface area (Å²) in [5.74, 6) is -1.42. The van der Waals surface area contributed by atoms with Crippen LogP contribution in [-0.4, -0.2) is 39.8 Å². The predicted octanol–water partition coefficient (Wildman–Crippen LogP) is 2.65. The molecule has 0 spiro atoms. The second kappa shape index (κ2) is 8.11. The van der Waals surface area contributed by atoms with Crippen molar-refractivity contribution in [2.24, 2.45) is 11.5 Å². The molecule has 2 aromatic carbocycles. The van der Waals surface area contributed by atoms with Crippen molar-refractivity contribution in [1.82, 2.24) is 14.7 Å². The molecule has 0 saturated heterocycles. The van der Waals surface area contributed by atoms with Gasteiger partial charge in [0.05, 0.1) is 28.9 Å². The molecular formula is C22H18F2N6O2. The summed E-state index contributed by atoms with van der Waals surface area (Å²) in [6, 6.07) is 11.1. The van der Waals surface area contributed by atoms with Crippen molar-refractivity contribution in [3.05, 3.63) is 76.7 Å². The number of halogens is 2. The third kappa shape index (κ3) is 3.43. The molecule has 2 atom stereocenters. The first kappa shape index (κ1) is 21.0. The number of benzene rings is 2. The number of alkyl halides is 1. The molecule has 32 heavy (non-hydrogen) atoms. The molecule has 1 aromatic heterocycles. The van der Waals surface area contributed by atoms with Crippen molar-refractivity contribution in [3.63, 3.8) is 0 Å². The van der Waals surface area contributed by atoms with Crippen molar-refractivity contribution in [2.45, 2.75) is 12.1 Å². The van der Waals surface area contributed by atoms with Crippen molar-refractivity contribution in [3.8, 4) is 17.3 Å². The number of carbonyl (C=O) groups excluding carboxylic acids is 2. The Morgan fingerprint density at radius 1 is 1.19 bits per heavy atom. The van der Waals surface area contributed by atoms with Crippen LogP contribution < -0.4 is 11.5 Å². The number of nitrogens with two attached hydrogens (primary N) is 2. The molecule has 2 heterocycles. The normalized spacial score (nSPS) is 17.5. The maximum Gasteiger partial charge on any atom is 0.315 e. The van der Waals surface area contributed by atoms with Crippen molar-refractivity contribution >= 4 is 11.9 Å². The standard InChI is InChI=1S/C22H18F2N6O2/c23-9-16-11-29(22(27)32)19(13-6-4-12(10-25)5-7-13)20-17(21(26)31)18(28-30(16)20)14-2-1-3-15(24)8-14/h1-8,16,19H,9,11H2,(H2,26,31)(H2,27,32). The summed E-state index contributed by atoms with van der Waals surface area (Å²) in [6.45, 7) is -0.995. The van der Waals surface area contributed by atoms with Gasteiger partial charge in [0.2, 0.25) is 0 Å².